The Morgan fingerprint density at radius 1 is 1.16 bits per heavy atom. The second-order valence-electron chi connectivity index (χ2n) is 6.94. The van der Waals surface area contributed by atoms with Crippen LogP contribution in [0.15, 0.2) is 30.3 Å². The number of carbonyl (C=O) groups is 2. The minimum Gasteiger partial charge on any atom is -0.480 e. The summed E-state index contributed by atoms with van der Waals surface area (Å²) in [5.74, 6) is -1.41. The second-order valence-corrected chi connectivity index (χ2v) is 6.94. The van der Waals surface area contributed by atoms with Gasteiger partial charge in [0.2, 0.25) is 0 Å². The molecule has 1 aliphatic carbocycles. The molecule has 0 radical (unpaired) electrons. The number of rotatable bonds is 8. The quantitative estimate of drug-likeness (QED) is 0.568. The Bertz CT molecular complexity index is 558. The summed E-state index contributed by atoms with van der Waals surface area (Å²) in [5.41, 5.74) is 6.80. The molecule has 2 rings (SSSR count). The maximum atomic E-state index is 12.2. The first kappa shape index (κ1) is 19.4. The van der Waals surface area contributed by atoms with Crippen molar-refractivity contribution in [3.63, 3.8) is 0 Å². The number of hydrogen-bond acceptors (Lipinski definition) is 4. The van der Waals surface area contributed by atoms with Crippen LogP contribution >= 0.6 is 0 Å². The molecule has 0 heterocycles. The van der Waals surface area contributed by atoms with Crippen molar-refractivity contribution in [3.05, 3.63) is 35.9 Å². The van der Waals surface area contributed by atoms with Crippen molar-refractivity contribution in [1.29, 1.82) is 0 Å². The smallest absolute Gasteiger partial charge is 0.326 e. The van der Waals surface area contributed by atoms with E-state index >= 15 is 0 Å². The van der Waals surface area contributed by atoms with Gasteiger partial charge in [-0.25, -0.2) is 4.79 Å². The lowest BCUT2D eigenvalue weighted by Crippen LogP contribution is -2.52. The fraction of sp³-hybridized carbons (Fsp3) is 0.579. The third-order valence-electron chi connectivity index (χ3n) is 4.90. The highest BCUT2D eigenvalue weighted by atomic mass is 16.4. The van der Waals surface area contributed by atoms with E-state index in [1.807, 2.05) is 18.2 Å². The summed E-state index contributed by atoms with van der Waals surface area (Å²) < 4.78 is 0. The monoisotopic (exact) mass is 348 g/mol. The van der Waals surface area contributed by atoms with Crippen LogP contribution in [0.2, 0.25) is 0 Å². The number of aliphatic hydroxyl groups is 1. The molecule has 5 N–H and O–H groups in total. The summed E-state index contributed by atoms with van der Waals surface area (Å²) in [7, 11) is 0. The van der Waals surface area contributed by atoms with Gasteiger partial charge < -0.3 is 21.3 Å². The summed E-state index contributed by atoms with van der Waals surface area (Å²) in [6.07, 6.45) is 5.07. The van der Waals surface area contributed by atoms with Gasteiger partial charge in [0.05, 0.1) is 0 Å². The van der Waals surface area contributed by atoms with E-state index in [9.17, 15) is 19.8 Å². The lowest BCUT2D eigenvalue weighted by molar-refractivity contribution is -0.143. The van der Waals surface area contributed by atoms with Crippen LogP contribution in [-0.2, 0) is 16.0 Å². The molecule has 3 atom stereocenters. The molecule has 1 aromatic rings. The number of amides is 1. The lowest BCUT2D eigenvalue weighted by Gasteiger charge is -2.27. The van der Waals surface area contributed by atoms with E-state index in [0.717, 1.165) is 31.2 Å². The van der Waals surface area contributed by atoms with E-state index in [2.05, 4.69) is 5.32 Å². The normalized spacial score (nSPS) is 19.0. The van der Waals surface area contributed by atoms with E-state index in [0.29, 0.717) is 12.3 Å². The van der Waals surface area contributed by atoms with Crippen LogP contribution in [0.5, 0.6) is 0 Å². The minimum absolute atomic E-state index is 0.159. The van der Waals surface area contributed by atoms with Crippen molar-refractivity contribution < 1.29 is 19.8 Å². The van der Waals surface area contributed by atoms with E-state index < -0.39 is 30.1 Å². The van der Waals surface area contributed by atoms with Gasteiger partial charge in [-0.05, 0) is 17.9 Å². The van der Waals surface area contributed by atoms with Gasteiger partial charge in [0.15, 0.2) is 0 Å². The number of carbonyl (C=O) groups excluding carboxylic acids is 1. The Balaban J connectivity index is 1.89. The Hall–Kier alpha value is -1.92. The maximum absolute atomic E-state index is 12.2. The molecule has 1 amide bonds. The van der Waals surface area contributed by atoms with Gasteiger partial charge in [-0.15, -0.1) is 0 Å². The van der Waals surface area contributed by atoms with E-state index in [-0.39, 0.29) is 6.42 Å². The summed E-state index contributed by atoms with van der Waals surface area (Å²) in [6, 6.07) is 7.29. The highest BCUT2D eigenvalue weighted by molar-refractivity contribution is 5.86. The first-order valence-electron chi connectivity index (χ1n) is 8.98. The van der Waals surface area contributed by atoms with Crippen molar-refractivity contribution in [2.75, 3.05) is 0 Å². The van der Waals surface area contributed by atoms with Crippen LogP contribution in [0.3, 0.4) is 0 Å². The Morgan fingerprint density at radius 3 is 2.40 bits per heavy atom. The largest absolute Gasteiger partial charge is 0.480 e. The van der Waals surface area contributed by atoms with Crippen LogP contribution in [0.25, 0.3) is 0 Å². The molecule has 6 heteroatoms. The van der Waals surface area contributed by atoms with Crippen LogP contribution in [0.1, 0.15) is 44.1 Å². The number of aliphatic hydroxyl groups excluding tert-OH is 1. The number of nitrogens with one attached hydrogen (secondary N) is 1. The van der Waals surface area contributed by atoms with Crippen LogP contribution in [-0.4, -0.2) is 40.3 Å². The van der Waals surface area contributed by atoms with Gasteiger partial charge in [0.1, 0.15) is 12.1 Å². The molecule has 1 aliphatic rings. The van der Waals surface area contributed by atoms with Gasteiger partial charge in [-0.1, -0.05) is 62.4 Å². The zero-order chi connectivity index (χ0) is 18.2. The van der Waals surface area contributed by atoms with Gasteiger partial charge >= 0.3 is 5.97 Å². The number of nitrogens with two attached hydrogens (primary N) is 1. The number of hydrogen-bond donors (Lipinski definition) is 4. The van der Waals surface area contributed by atoms with Gasteiger partial charge in [-0.3, -0.25) is 4.79 Å². The van der Waals surface area contributed by atoms with Gasteiger partial charge in [0, 0.05) is 12.5 Å². The first-order valence-corrected chi connectivity index (χ1v) is 8.98. The van der Waals surface area contributed by atoms with Crippen molar-refractivity contribution in [1.82, 2.24) is 5.32 Å². The Labute approximate surface area is 148 Å². The predicted molar refractivity (Wildman–Crippen MR) is 94.9 cm³/mol. The topological polar surface area (TPSA) is 113 Å². The molecule has 0 spiro atoms. The van der Waals surface area contributed by atoms with Gasteiger partial charge in [-0.2, -0.15) is 0 Å². The molecule has 3 unspecified atom stereocenters. The van der Waals surface area contributed by atoms with Crippen LogP contribution < -0.4 is 11.1 Å². The van der Waals surface area contributed by atoms with Crippen molar-refractivity contribution in [2.24, 2.45) is 11.7 Å². The number of carboxylic acid groups (broad SMARTS) is 1. The zero-order valence-corrected chi connectivity index (χ0v) is 14.4. The molecular formula is C19H28N2O4. The molecule has 1 aromatic carbocycles. The Morgan fingerprint density at radius 2 is 1.80 bits per heavy atom. The molecule has 25 heavy (non-hydrogen) atoms. The van der Waals surface area contributed by atoms with Crippen LogP contribution in [0.4, 0.5) is 0 Å². The Kier molecular flexibility index (Phi) is 7.40. The minimum atomic E-state index is -1.39. The molecule has 0 aromatic heterocycles. The predicted octanol–water partition coefficient (Wildman–Crippen LogP) is 1.46. The summed E-state index contributed by atoms with van der Waals surface area (Å²) in [5, 5.41) is 21.9. The SMILES string of the molecule is NC(CC1CCCCC1)C(O)C(=O)NC(Cc1ccccc1)C(=O)O. The molecule has 138 valence electrons. The summed E-state index contributed by atoms with van der Waals surface area (Å²) in [6.45, 7) is 0. The fourth-order valence-electron chi connectivity index (χ4n) is 3.44. The van der Waals surface area contributed by atoms with Crippen molar-refractivity contribution >= 4 is 11.9 Å². The summed E-state index contributed by atoms with van der Waals surface area (Å²) >= 11 is 0. The van der Waals surface area contributed by atoms with Crippen molar-refractivity contribution in [3.8, 4) is 0 Å². The molecule has 1 fully saturated rings. The molecule has 1 saturated carbocycles. The van der Waals surface area contributed by atoms with Crippen molar-refractivity contribution in [2.45, 2.75) is 63.1 Å². The second kappa shape index (κ2) is 9.53. The van der Waals surface area contributed by atoms with E-state index in [1.165, 1.54) is 6.42 Å². The molecule has 0 bridgehead atoms. The number of carboxylic acids is 1. The molecule has 6 nitrogen and oxygen atoms in total. The average Bonchev–Trinajstić information content (AvgIpc) is 2.62. The third kappa shape index (κ3) is 6.14. The zero-order valence-electron chi connectivity index (χ0n) is 14.4. The fourth-order valence-corrected chi connectivity index (χ4v) is 3.44. The van der Waals surface area contributed by atoms with E-state index in [1.54, 1.807) is 12.1 Å². The van der Waals surface area contributed by atoms with Gasteiger partial charge in [0.25, 0.3) is 5.91 Å². The molecule has 0 saturated heterocycles. The summed E-state index contributed by atoms with van der Waals surface area (Å²) in [4.78, 5) is 23.6. The lowest BCUT2D eigenvalue weighted by atomic mass is 9.84. The first-order chi connectivity index (χ1) is 12.0. The highest BCUT2D eigenvalue weighted by Crippen LogP contribution is 2.27. The van der Waals surface area contributed by atoms with Crippen LogP contribution in [0, 0.1) is 5.92 Å². The highest BCUT2D eigenvalue weighted by Gasteiger charge is 2.29. The maximum Gasteiger partial charge on any atom is 0.326 e. The average molecular weight is 348 g/mol. The number of aliphatic carboxylic acids is 1. The third-order valence-corrected chi connectivity index (χ3v) is 4.90. The standard InChI is InChI=1S/C19H28N2O4/c20-15(11-13-7-3-1-4-8-13)17(22)18(23)21-16(19(24)25)12-14-9-5-2-6-10-14/h2,5-6,9-10,13,15-17,22H,1,3-4,7-8,11-12,20H2,(H,21,23)(H,24,25). The molecular weight excluding hydrogens is 320 g/mol. The molecule has 0 aliphatic heterocycles. The van der Waals surface area contributed by atoms with E-state index in [4.69, 9.17) is 5.73 Å². The number of benzene rings is 1.